The minimum Gasteiger partial charge on any atom is -0.385 e. The number of anilines is 1. The SMILES string of the molecule is CCNc1ccc([N+](=O)[O-])cc1C(=O)NC(C)C(C)C. The number of nitro groups is 1. The molecule has 1 aromatic rings. The predicted molar refractivity (Wildman–Crippen MR) is 79.0 cm³/mol. The molecule has 2 N–H and O–H groups in total. The van der Waals surface area contributed by atoms with Crippen molar-refractivity contribution in [3.8, 4) is 0 Å². The standard InChI is InChI=1S/C14H21N3O3/c1-5-15-13-7-6-11(17(19)20)8-12(13)14(18)16-10(4)9(2)3/h6-10,15H,5H2,1-4H3,(H,16,18). The summed E-state index contributed by atoms with van der Waals surface area (Å²) in [6, 6.07) is 4.26. The van der Waals surface area contributed by atoms with Gasteiger partial charge in [0.1, 0.15) is 0 Å². The number of amides is 1. The summed E-state index contributed by atoms with van der Waals surface area (Å²) in [7, 11) is 0. The van der Waals surface area contributed by atoms with E-state index in [1.807, 2.05) is 27.7 Å². The lowest BCUT2D eigenvalue weighted by atomic mass is 10.1. The number of carbonyl (C=O) groups is 1. The molecule has 0 aliphatic rings. The van der Waals surface area contributed by atoms with Crippen LogP contribution >= 0.6 is 0 Å². The van der Waals surface area contributed by atoms with Gasteiger partial charge in [-0.05, 0) is 25.8 Å². The van der Waals surface area contributed by atoms with Crippen LogP contribution in [0.2, 0.25) is 0 Å². The fourth-order valence-corrected chi connectivity index (χ4v) is 1.63. The van der Waals surface area contributed by atoms with Crippen molar-refractivity contribution < 1.29 is 9.72 Å². The first-order valence-corrected chi connectivity index (χ1v) is 6.70. The molecule has 0 spiro atoms. The molecular weight excluding hydrogens is 258 g/mol. The molecule has 0 heterocycles. The molecule has 1 atom stereocenters. The number of rotatable bonds is 6. The lowest BCUT2D eigenvalue weighted by Crippen LogP contribution is -2.36. The molecule has 6 nitrogen and oxygen atoms in total. The van der Waals surface area contributed by atoms with Crippen LogP contribution in [0, 0.1) is 16.0 Å². The predicted octanol–water partition coefficient (Wildman–Crippen LogP) is 2.80. The third-order valence-electron chi connectivity index (χ3n) is 3.18. The van der Waals surface area contributed by atoms with Gasteiger partial charge < -0.3 is 10.6 Å². The Kier molecular flexibility index (Phi) is 5.49. The highest BCUT2D eigenvalue weighted by Crippen LogP contribution is 2.22. The molecule has 0 aliphatic carbocycles. The quantitative estimate of drug-likeness (QED) is 0.619. The summed E-state index contributed by atoms with van der Waals surface area (Å²) in [5.41, 5.74) is 0.814. The summed E-state index contributed by atoms with van der Waals surface area (Å²) in [4.78, 5) is 22.6. The Morgan fingerprint density at radius 2 is 2.00 bits per heavy atom. The molecule has 0 aromatic heterocycles. The Labute approximate surface area is 118 Å². The van der Waals surface area contributed by atoms with Gasteiger partial charge in [0.15, 0.2) is 0 Å². The molecule has 1 rings (SSSR count). The van der Waals surface area contributed by atoms with E-state index in [1.165, 1.54) is 12.1 Å². The number of hydrogen-bond acceptors (Lipinski definition) is 4. The smallest absolute Gasteiger partial charge is 0.270 e. The van der Waals surface area contributed by atoms with E-state index in [9.17, 15) is 14.9 Å². The van der Waals surface area contributed by atoms with Gasteiger partial charge in [-0.1, -0.05) is 13.8 Å². The molecule has 1 aromatic carbocycles. The van der Waals surface area contributed by atoms with Crippen molar-refractivity contribution in [3.05, 3.63) is 33.9 Å². The number of nitro benzene ring substituents is 1. The van der Waals surface area contributed by atoms with Crippen molar-refractivity contribution in [3.63, 3.8) is 0 Å². The van der Waals surface area contributed by atoms with Crippen molar-refractivity contribution in [2.24, 2.45) is 5.92 Å². The van der Waals surface area contributed by atoms with E-state index in [0.29, 0.717) is 23.7 Å². The molecule has 0 bridgehead atoms. The molecule has 1 unspecified atom stereocenters. The van der Waals surface area contributed by atoms with Crippen molar-refractivity contribution in [2.45, 2.75) is 33.7 Å². The van der Waals surface area contributed by atoms with E-state index < -0.39 is 4.92 Å². The van der Waals surface area contributed by atoms with Gasteiger partial charge in [-0.25, -0.2) is 0 Å². The zero-order chi connectivity index (χ0) is 15.3. The third-order valence-corrected chi connectivity index (χ3v) is 3.18. The molecule has 0 fully saturated rings. The average Bonchev–Trinajstić information content (AvgIpc) is 2.38. The van der Waals surface area contributed by atoms with Gasteiger partial charge >= 0.3 is 0 Å². The normalized spacial score (nSPS) is 12.1. The first-order valence-electron chi connectivity index (χ1n) is 6.70. The fraction of sp³-hybridized carbons (Fsp3) is 0.500. The van der Waals surface area contributed by atoms with E-state index in [1.54, 1.807) is 6.07 Å². The summed E-state index contributed by atoms with van der Waals surface area (Å²) in [6.07, 6.45) is 0. The molecule has 0 radical (unpaired) electrons. The maximum absolute atomic E-state index is 12.3. The van der Waals surface area contributed by atoms with Gasteiger partial charge in [0.25, 0.3) is 11.6 Å². The third kappa shape index (κ3) is 3.94. The minimum absolute atomic E-state index is 0.00348. The van der Waals surface area contributed by atoms with Crippen LogP contribution in [0.25, 0.3) is 0 Å². The molecular formula is C14H21N3O3. The van der Waals surface area contributed by atoms with Crippen LogP contribution < -0.4 is 10.6 Å². The van der Waals surface area contributed by atoms with Gasteiger partial charge in [-0.3, -0.25) is 14.9 Å². The molecule has 6 heteroatoms. The second-order valence-electron chi connectivity index (χ2n) is 5.02. The van der Waals surface area contributed by atoms with Crippen molar-refractivity contribution >= 4 is 17.3 Å². The number of nitrogens with one attached hydrogen (secondary N) is 2. The largest absolute Gasteiger partial charge is 0.385 e. The number of benzene rings is 1. The van der Waals surface area contributed by atoms with E-state index in [0.717, 1.165) is 0 Å². The monoisotopic (exact) mass is 279 g/mol. The molecule has 0 saturated heterocycles. The first-order chi connectivity index (χ1) is 9.36. The second-order valence-corrected chi connectivity index (χ2v) is 5.02. The van der Waals surface area contributed by atoms with Crippen LogP contribution in [-0.4, -0.2) is 23.4 Å². The highest BCUT2D eigenvalue weighted by Gasteiger charge is 2.18. The molecule has 20 heavy (non-hydrogen) atoms. The van der Waals surface area contributed by atoms with Crippen LogP contribution in [-0.2, 0) is 0 Å². The van der Waals surface area contributed by atoms with Crippen LogP contribution in [0.3, 0.4) is 0 Å². The molecule has 0 aliphatic heterocycles. The minimum atomic E-state index is -0.502. The van der Waals surface area contributed by atoms with Crippen LogP contribution in [0.5, 0.6) is 0 Å². The number of hydrogen-bond donors (Lipinski definition) is 2. The number of carbonyl (C=O) groups excluding carboxylic acids is 1. The van der Waals surface area contributed by atoms with Crippen LogP contribution in [0.15, 0.2) is 18.2 Å². The summed E-state index contributed by atoms with van der Waals surface area (Å²) in [5.74, 6) is -0.00826. The van der Waals surface area contributed by atoms with E-state index in [-0.39, 0.29) is 17.6 Å². The maximum Gasteiger partial charge on any atom is 0.270 e. The number of non-ortho nitro benzene ring substituents is 1. The van der Waals surface area contributed by atoms with Crippen molar-refractivity contribution in [1.82, 2.24) is 5.32 Å². The molecule has 110 valence electrons. The Balaban J connectivity index is 3.08. The lowest BCUT2D eigenvalue weighted by Gasteiger charge is -2.18. The number of nitrogens with zero attached hydrogens (tertiary/aromatic N) is 1. The fourth-order valence-electron chi connectivity index (χ4n) is 1.63. The van der Waals surface area contributed by atoms with Gasteiger partial charge in [0, 0.05) is 30.4 Å². The highest BCUT2D eigenvalue weighted by atomic mass is 16.6. The van der Waals surface area contributed by atoms with Gasteiger partial charge in [-0.15, -0.1) is 0 Å². The van der Waals surface area contributed by atoms with Crippen molar-refractivity contribution in [2.75, 3.05) is 11.9 Å². The van der Waals surface area contributed by atoms with E-state index in [2.05, 4.69) is 10.6 Å². The summed E-state index contributed by atoms with van der Waals surface area (Å²) < 4.78 is 0. The second kappa shape index (κ2) is 6.88. The molecule has 0 saturated carbocycles. The maximum atomic E-state index is 12.3. The first kappa shape index (κ1) is 15.9. The Morgan fingerprint density at radius 3 is 2.50 bits per heavy atom. The summed E-state index contributed by atoms with van der Waals surface area (Å²) in [6.45, 7) is 8.46. The summed E-state index contributed by atoms with van der Waals surface area (Å²) >= 11 is 0. The molecule has 1 amide bonds. The Hall–Kier alpha value is -2.11. The topological polar surface area (TPSA) is 84.3 Å². The average molecular weight is 279 g/mol. The van der Waals surface area contributed by atoms with Gasteiger partial charge in [0.2, 0.25) is 0 Å². The Morgan fingerprint density at radius 1 is 1.35 bits per heavy atom. The van der Waals surface area contributed by atoms with Gasteiger partial charge in [0.05, 0.1) is 10.5 Å². The van der Waals surface area contributed by atoms with Gasteiger partial charge in [-0.2, -0.15) is 0 Å². The van der Waals surface area contributed by atoms with Crippen LogP contribution in [0.1, 0.15) is 38.1 Å². The van der Waals surface area contributed by atoms with E-state index in [4.69, 9.17) is 0 Å². The summed E-state index contributed by atoms with van der Waals surface area (Å²) in [5, 5.41) is 16.7. The zero-order valence-electron chi connectivity index (χ0n) is 12.3. The zero-order valence-corrected chi connectivity index (χ0v) is 12.3. The lowest BCUT2D eigenvalue weighted by molar-refractivity contribution is -0.384. The Bertz CT molecular complexity index is 500. The van der Waals surface area contributed by atoms with Crippen molar-refractivity contribution in [1.29, 1.82) is 0 Å². The van der Waals surface area contributed by atoms with E-state index >= 15 is 0 Å². The highest BCUT2D eigenvalue weighted by molar-refractivity contribution is 6.00. The van der Waals surface area contributed by atoms with Crippen LogP contribution in [0.4, 0.5) is 11.4 Å².